The van der Waals surface area contributed by atoms with Gasteiger partial charge in [-0.1, -0.05) is 36.4 Å². The Kier molecular flexibility index (Phi) is 5.78. The molecule has 0 bridgehead atoms. The van der Waals surface area contributed by atoms with Crippen molar-refractivity contribution in [3.05, 3.63) is 65.3 Å². The number of benzene rings is 2. The number of hydrogen-bond acceptors (Lipinski definition) is 3. The summed E-state index contributed by atoms with van der Waals surface area (Å²) in [7, 11) is 0. The maximum Gasteiger partial charge on any atom is 0.217 e. The first kappa shape index (κ1) is 18.3. The Morgan fingerprint density at radius 3 is 2.65 bits per heavy atom. The molecule has 0 spiro atoms. The lowest BCUT2D eigenvalue weighted by Crippen LogP contribution is -2.30. The standard InChI is InChI=1S/C21H21FN2OS/c1-14(23-15(2)25)6-7-16-8-10-17(11-9-16)20-13-26-21(24-20)18-4-3-5-19(22)12-18/h3-5,8-14H,6-7H2,1-2H3,(H,23,25)/t14-/m0/s1. The smallest absolute Gasteiger partial charge is 0.217 e. The molecule has 3 rings (SSSR count). The molecule has 0 aliphatic rings. The highest BCUT2D eigenvalue weighted by molar-refractivity contribution is 7.13. The number of amides is 1. The molecule has 134 valence electrons. The summed E-state index contributed by atoms with van der Waals surface area (Å²) in [5, 5.41) is 5.71. The number of carbonyl (C=O) groups is 1. The lowest BCUT2D eigenvalue weighted by molar-refractivity contribution is -0.119. The van der Waals surface area contributed by atoms with Gasteiger partial charge in [0.2, 0.25) is 5.91 Å². The summed E-state index contributed by atoms with van der Waals surface area (Å²) in [6.45, 7) is 3.55. The van der Waals surface area contributed by atoms with E-state index in [2.05, 4.69) is 34.6 Å². The number of nitrogens with one attached hydrogen (secondary N) is 1. The quantitative estimate of drug-likeness (QED) is 0.660. The minimum absolute atomic E-state index is 0.00508. The maximum absolute atomic E-state index is 13.4. The lowest BCUT2D eigenvalue weighted by Gasteiger charge is -2.12. The highest BCUT2D eigenvalue weighted by Gasteiger charge is 2.08. The molecule has 3 aromatic rings. The van der Waals surface area contributed by atoms with Crippen LogP contribution in [0.1, 0.15) is 25.8 Å². The molecule has 0 aliphatic carbocycles. The fraction of sp³-hybridized carbons (Fsp3) is 0.238. The number of nitrogens with zero attached hydrogens (tertiary/aromatic N) is 1. The third-order valence-electron chi connectivity index (χ3n) is 4.14. The second kappa shape index (κ2) is 8.23. The van der Waals surface area contributed by atoms with Crippen LogP contribution in [0.25, 0.3) is 21.8 Å². The normalized spacial score (nSPS) is 12.0. The van der Waals surface area contributed by atoms with E-state index in [0.29, 0.717) is 0 Å². The van der Waals surface area contributed by atoms with Gasteiger partial charge in [0.25, 0.3) is 0 Å². The number of hydrogen-bond donors (Lipinski definition) is 1. The summed E-state index contributed by atoms with van der Waals surface area (Å²) in [4.78, 5) is 15.7. The number of rotatable bonds is 6. The molecule has 0 radical (unpaired) electrons. The van der Waals surface area contributed by atoms with Gasteiger partial charge in [0.1, 0.15) is 10.8 Å². The zero-order valence-electron chi connectivity index (χ0n) is 14.8. The van der Waals surface area contributed by atoms with Crippen LogP contribution in [0.2, 0.25) is 0 Å². The van der Waals surface area contributed by atoms with Crippen molar-refractivity contribution in [1.29, 1.82) is 0 Å². The van der Waals surface area contributed by atoms with Crippen molar-refractivity contribution < 1.29 is 9.18 Å². The minimum atomic E-state index is -0.253. The van der Waals surface area contributed by atoms with Crippen LogP contribution in [0.4, 0.5) is 4.39 Å². The van der Waals surface area contributed by atoms with Gasteiger partial charge in [-0.05, 0) is 37.5 Å². The van der Waals surface area contributed by atoms with Crippen molar-refractivity contribution >= 4 is 17.2 Å². The lowest BCUT2D eigenvalue weighted by atomic mass is 10.0. The predicted octanol–water partition coefficient (Wildman–Crippen LogP) is 5.07. The third kappa shape index (κ3) is 4.76. The van der Waals surface area contributed by atoms with E-state index in [0.717, 1.165) is 34.7 Å². The van der Waals surface area contributed by atoms with E-state index in [1.54, 1.807) is 6.07 Å². The van der Waals surface area contributed by atoms with Gasteiger partial charge in [-0.2, -0.15) is 0 Å². The molecule has 0 unspecified atom stereocenters. The van der Waals surface area contributed by atoms with Crippen LogP contribution in [0.3, 0.4) is 0 Å². The van der Waals surface area contributed by atoms with Crippen molar-refractivity contribution in [2.75, 3.05) is 0 Å². The Bertz CT molecular complexity index is 889. The molecule has 1 N–H and O–H groups in total. The predicted molar refractivity (Wildman–Crippen MR) is 105 cm³/mol. The molecule has 5 heteroatoms. The van der Waals surface area contributed by atoms with Gasteiger partial charge in [-0.15, -0.1) is 11.3 Å². The number of aromatic nitrogens is 1. The van der Waals surface area contributed by atoms with Gasteiger partial charge >= 0.3 is 0 Å². The van der Waals surface area contributed by atoms with Gasteiger partial charge in [0, 0.05) is 29.5 Å². The highest BCUT2D eigenvalue weighted by atomic mass is 32.1. The van der Waals surface area contributed by atoms with Crippen molar-refractivity contribution in [2.45, 2.75) is 32.7 Å². The van der Waals surface area contributed by atoms with E-state index < -0.39 is 0 Å². The Hall–Kier alpha value is -2.53. The monoisotopic (exact) mass is 368 g/mol. The minimum Gasteiger partial charge on any atom is -0.354 e. The average Bonchev–Trinajstić information content (AvgIpc) is 3.10. The first-order valence-electron chi connectivity index (χ1n) is 8.59. The SMILES string of the molecule is CC(=O)N[C@@H](C)CCc1ccc(-c2csc(-c3cccc(F)c3)n2)cc1. The summed E-state index contributed by atoms with van der Waals surface area (Å²) in [6.07, 6.45) is 1.81. The molecule has 1 atom stereocenters. The molecule has 0 fully saturated rings. The van der Waals surface area contributed by atoms with Gasteiger partial charge < -0.3 is 5.32 Å². The van der Waals surface area contributed by atoms with Crippen LogP contribution in [-0.2, 0) is 11.2 Å². The van der Waals surface area contributed by atoms with Crippen LogP contribution < -0.4 is 5.32 Å². The molecule has 1 amide bonds. The zero-order valence-corrected chi connectivity index (χ0v) is 15.6. The Morgan fingerprint density at radius 2 is 1.96 bits per heavy atom. The van der Waals surface area contributed by atoms with Crippen LogP contribution in [0.15, 0.2) is 53.9 Å². The summed E-state index contributed by atoms with van der Waals surface area (Å²) in [5.74, 6) is -0.248. The highest BCUT2D eigenvalue weighted by Crippen LogP contribution is 2.29. The van der Waals surface area contributed by atoms with Crippen LogP contribution >= 0.6 is 11.3 Å². The largest absolute Gasteiger partial charge is 0.354 e. The van der Waals surface area contributed by atoms with Crippen LogP contribution in [0.5, 0.6) is 0 Å². The Labute approximate surface area is 156 Å². The number of aryl methyl sites for hydroxylation is 1. The second-order valence-corrected chi connectivity index (χ2v) is 7.24. The molecular weight excluding hydrogens is 347 g/mol. The summed E-state index contributed by atoms with van der Waals surface area (Å²) >= 11 is 1.51. The molecule has 0 saturated carbocycles. The van der Waals surface area contributed by atoms with Crippen molar-refractivity contribution in [3.8, 4) is 21.8 Å². The number of carbonyl (C=O) groups excluding carboxylic acids is 1. The van der Waals surface area contributed by atoms with Gasteiger partial charge in [-0.3, -0.25) is 4.79 Å². The van der Waals surface area contributed by atoms with Crippen LogP contribution in [-0.4, -0.2) is 16.9 Å². The first-order valence-corrected chi connectivity index (χ1v) is 9.47. The fourth-order valence-corrected chi connectivity index (χ4v) is 3.63. The zero-order chi connectivity index (χ0) is 18.5. The van der Waals surface area contributed by atoms with Gasteiger partial charge in [0.05, 0.1) is 5.69 Å². The van der Waals surface area contributed by atoms with E-state index in [1.165, 1.54) is 36.0 Å². The van der Waals surface area contributed by atoms with Crippen molar-refractivity contribution in [2.24, 2.45) is 0 Å². The van der Waals surface area contributed by atoms with E-state index in [9.17, 15) is 9.18 Å². The Morgan fingerprint density at radius 1 is 1.19 bits per heavy atom. The van der Waals surface area contributed by atoms with E-state index in [1.807, 2.05) is 18.4 Å². The number of thiazole rings is 1. The molecule has 1 heterocycles. The van der Waals surface area contributed by atoms with E-state index in [-0.39, 0.29) is 17.8 Å². The Balaban J connectivity index is 1.66. The van der Waals surface area contributed by atoms with E-state index >= 15 is 0 Å². The molecule has 3 nitrogen and oxygen atoms in total. The topological polar surface area (TPSA) is 42.0 Å². The average molecular weight is 368 g/mol. The first-order chi connectivity index (χ1) is 12.5. The summed E-state index contributed by atoms with van der Waals surface area (Å²) < 4.78 is 13.4. The maximum atomic E-state index is 13.4. The van der Waals surface area contributed by atoms with Crippen molar-refractivity contribution in [3.63, 3.8) is 0 Å². The summed E-state index contributed by atoms with van der Waals surface area (Å²) in [5.41, 5.74) is 3.96. The third-order valence-corrected chi connectivity index (χ3v) is 5.03. The van der Waals surface area contributed by atoms with Crippen molar-refractivity contribution in [1.82, 2.24) is 10.3 Å². The summed E-state index contributed by atoms with van der Waals surface area (Å²) in [6, 6.07) is 15.0. The van der Waals surface area contributed by atoms with Crippen LogP contribution in [0, 0.1) is 5.82 Å². The molecule has 0 saturated heterocycles. The fourth-order valence-electron chi connectivity index (χ4n) is 2.80. The molecule has 1 aromatic heterocycles. The van der Waals surface area contributed by atoms with Gasteiger partial charge in [0.15, 0.2) is 0 Å². The van der Waals surface area contributed by atoms with Gasteiger partial charge in [-0.25, -0.2) is 9.37 Å². The van der Waals surface area contributed by atoms with E-state index in [4.69, 9.17) is 0 Å². The molecular formula is C21H21FN2OS. The molecule has 26 heavy (non-hydrogen) atoms. The number of halogens is 1. The molecule has 2 aromatic carbocycles. The molecule has 0 aliphatic heterocycles. The second-order valence-electron chi connectivity index (χ2n) is 6.39.